The second kappa shape index (κ2) is 12.1. The van der Waals surface area contributed by atoms with Gasteiger partial charge in [-0.15, -0.1) is 0 Å². The summed E-state index contributed by atoms with van der Waals surface area (Å²) in [5.74, 6) is -0.421. The Morgan fingerprint density at radius 2 is 1.94 bits per heavy atom. The monoisotopic (exact) mass is 520 g/mol. The third kappa shape index (κ3) is 7.01. The van der Waals surface area contributed by atoms with E-state index in [2.05, 4.69) is 21.2 Å². The molecule has 9 heteroatoms. The molecular weight excluding hydrogens is 500 g/mol. The molecule has 0 unspecified atom stereocenters. The smallest absolute Gasteiger partial charge is 0.344 e. The number of ether oxygens (including phenoxy) is 3. The lowest BCUT2D eigenvalue weighted by Gasteiger charge is -2.14. The first kappa shape index (κ1) is 25.2. The SMILES string of the molecule is CCOC(=O)COc1c(Br)cc(/C=C(\C#N)C(=O)Nc2cc(Cl)ccc2C)cc1OCC. The van der Waals surface area contributed by atoms with Gasteiger partial charge in [-0.2, -0.15) is 5.26 Å². The number of halogens is 2. The van der Waals surface area contributed by atoms with Crippen molar-refractivity contribution in [2.75, 3.05) is 25.1 Å². The van der Waals surface area contributed by atoms with Crippen LogP contribution in [0.5, 0.6) is 11.5 Å². The van der Waals surface area contributed by atoms with E-state index < -0.39 is 11.9 Å². The lowest BCUT2D eigenvalue weighted by Crippen LogP contribution is -2.15. The minimum atomic E-state index is -0.574. The van der Waals surface area contributed by atoms with Crippen molar-refractivity contribution >= 4 is 51.2 Å². The Bertz CT molecular complexity index is 1080. The van der Waals surface area contributed by atoms with Crippen LogP contribution in [-0.2, 0) is 14.3 Å². The number of anilines is 1. The Hall–Kier alpha value is -3.02. The van der Waals surface area contributed by atoms with Crippen molar-refractivity contribution in [1.82, 2.24) is 0 Å². The van der Waals surface area contributed by atoms with Crippen LogP contribution in [0.3, 0.4) is 0 Å². The second-order valence-corrected chi connectivity index (χ2v) is 7.73. The fourth-order valence-corrected chi connectivity index (χ4v) is 3.39. The highest BCUT2D eigenvalue weighted by Crippen LogP contribution is 2.37. The Morgan fingerprint density at radius 3 is 2.59 bits per heavy atom. The fraction of sp³-hybridized carbons (Fsp3) is 0.261. The molecule has 0 aromatic heterocycles. The lowest BCUT2D eigenvalue weighted by molar-refractivity contribution is -0.145. The van der Waals surface area contributed by atoms with Crippen LogP contribution in [0.2, 0.25) is 5.02 Å². The second-order valence-electron chi connectivity index (χ2n) is 6.44. The van der Waals surface area contributed by atoms with Gasteiger partial charge in [0.15, 0.2) is 18.1 Å². The minimum absolute atomic E-state index is 0.112. The number of hydrogen-bond acceptors (Lipinski definition) is 6. The maximum absolute atomic E-state index is 12.6. The van der Waals surface area contributed by atoms with Gasteiger partial charge in [-0.05, 0) is 78.2 Å². The van der Waals surface area contributed by atoms with Crippen LogP contribution in [0.25, 0.3) is 6.08 Å². The summed E-state index contributed by atoms with van der Waals surface area (Å²) >= 11 is 9.39. The molecule has 0 aliphatic carbocycles. The molecule has 2 aromatic rings. The normalized spacial score (nSPS) is 10.8. The maximum atomic E-state index is 12.6. The molecule has 168 valence electrons. The van der Waals surface area contributed by atoms with Gasteiger partial charge < -0.3 is 19.5 Å². The Balaban J connectivity index is 2.31. The third-order valence-corrected chi connectivity index (χ3v) is 4.92. The summed E-state index contributed by atoms with van der Waals surface area (Å²) in [7, 11) is 0. The molecule has 0 aliphatic rings. The van der Waals surface area contributed by atoms with E-state index in [1.807, 2.05) is 13.0 Å². The molecule has 1 N–H and O–H groups in total. The van der Waals surface area contributed by atoms with Crippen molar-refractivity contribution < 1.29 is 23.8 Å². The molecule has 0 atom stereocenters. The van der Waals surface area contributed by atoms with Crippen LogP contribution in [0.4, 0.5) is 5.69 Å². The van der Waals surface area contributed by atoms with E-state index in [0.717, 1.165) is 5.56 Å². The van der Waals surface area contributed by atoms with Crippen LogP contribution >= 0.6 is 27.5 Å². The number of nitriles is 1. The summed E-state index contributed by atoms with van der Waals surface area (Å²) in [6.07, 6.45) is 1.43. The Labute approximate surface area is 200 Å². The zero-order chi connectivity index (χ0) is 23.7. The molecule has 0 aliphatic heterocycles. The Kier molecular flexibility index (Phi) is 9.57. The van der Waals surface area contributed by atoms with E-state index in [1.54, 1.807) is 44.2 Å². The first-order valence-corrected chi connectivity index (χ1v) is 10.9. The number of hydrogen-bond donors (Lipinski definition) is 1. The summed E-state index contributed by atoms with van der Waals surface area (Å²) in [5.41, 5.74) is 1.74. The minimum Gasteiger partial charge on any atom is -0.490 e. The first-order valence-electron chi connectivity index (χ1n) is 9.73. The zero-order valence-electron chi connectivity index (χ0n) is 17.8. The molecule has 2 aromatic carbocycles. The standard InChI is InChI=1S/C23H22BrClN2O5/c1-4-30-20-10-15(9-18(24)22(20)32-13-21(28)31-5-2)8-16(12-26)23(29)27-19-11-17(25)7-6-14(19)3/h6-11H,4-5,13H2,1-3H3,(H,27,29)/b16-8+. The van der Waals surface area contributed by atoms with Crippen molar-refractivity contribution in [3.8, 4) is 17.6 Å². The number of rotatable bonds is 9. The van der Waals surface area contributed by atoms with Gasteiger partial charge in [-0.25, -0.2) is 4.79 Å². The van der Waals surface area contributed by atoms with E-state index in [4.69, 9.17) is 25.8 Å². The predicted molar refractivity (Wildman–Crippen MR) is 126 cm³/mol. The van der Waals surface area contributed by atoms with Crippen molar-refractivity contribution in [1.29, 1.82) is 5.26 Å². The molecule has 32 heavy (non-hydrogen) atoms. The first-order chi connectivity index (χ1) is 15.3. The fourth-order valence-electron chi connectivity index (χ4n) is 2.64. The summed E-state index contributed by atoms with van der Waals surface area (Å²) in [5, 5.41) is 12.7. The number of nitrogens with zero attached hydrogens (tertiary/aromatic N) is 1. The van der Waals surface area contributed by atoms with E-state index in [1.165, 1.54) is 6.08 Å². The van der Waals surface area contributed by atoms with Gasteiger partial charge in [-0.3, -0.25) is 4.79 Å². The van der Waals surface area contributed by atoms with Crippen molar-refractivity contribution in [2.45, 2.75) is 20.8 Å². The van der Waals surface area contributed by atoms with E-state index in [0.29, 0.717) is 38.9 Å². The van der Waals surface area contributed by atoms with Crippen LogP contribution in [-0.4, -0.2) is 31.7 Å². The number of carbonyl (C=O) groups excluding carboxylic acids is 2. The van der Waals surface area contributed by atoms with Crippen molar-refractivity contribution in [2.24, 2.45) is 0 Å². The van der Waals surface area contributed by atoms with Crippen LogP contribution < -0.4 is 14.8 Å². The van der Waals surface area contributed by atoms with E-state index in [-0.39, 0.29) is 18.8 Å². The number of amides is 1. The number of carbonyl (C=O) groups is 2. The molecule has 0 radical (unpaired) electrons. The molecule has 1 amide bonds. The molecule has 0 heterocycles. The van der Waals surface area contributed by atoms with Crippen molar-refractivity contribution in [3.05, 3.63) is 56.5 Å². The topological polar surface area (TPSA) is 97.7 Å². The number of aryl methyl sites for hydroxylation is 1. The van der Waals surface area contributed by atoms with Gasteiger partial charge in [0, 0.05) is 10.7 Å². The molecule has 0 fully saturated rings. The average molecular weight is 522 g/mol. The molecular formula is C23H22BrClN2O5. The van der Waals surface area contributed by atoms with Gasteiger partial charge in [-0.1, -0.05) is 17.7 Å². The van der Waals surface area contributed by atoms with Crippen LogP contribution in [0, 0.1) is 18.3 Å². The maximum Gasteiger partial charge on any atom is 0.344 e. The summed E-state index contributed by atoms with van der Waals surface area (Å²) in [6.45, 7) is 5.63. The quantitative estimate of drug-likeness (QED) is 0.273. The summed E-state index contributed by atoms with van der Waals surface area (Å²) in [6, 6.07) is 10.3. The molecule has 0 bridgehead atoms. The molecule has 0 saturated heterocycles. The van der Waals surface area contributed by atoms with Gasteiger partial charge in [0.2, 0.25) is 0 Å². The third-order valence-electron chi connectivity index (χ3n) is 4.10. The average Bonchev–Trinajstić information content (AvgIpc) is 2.74. The predicted octanol–water partition coefficient (Wildman–Crippen LogP) is 5.30. The van der Waals surface area contributed by atoms with Gasteiger partial charge in [0.05, 0.1) is 17.7 Å². The number of nitrogens with one attached hydrogen (secondary N) is 1. The largest absolute Gasteiger partial charge is 0.490 e. The van der Waals surface area contributed by atoms with E-state index in [9.17, 15) is 14.9 Å². The summed E-state index contributed by atoms with van der Waals surface area (Å²) in [4.78, 5) is 24.3. The zero-order valence-corrected chi connectivity index (χ0v) is 20.2. The molecule has 7 nitrogen and oxygen atoms in total. The van der Waals surface area contributed by atoms with E-state index >= 15 is 0 Å². The number of benzene rings is 2. The van der Waals surface area contributed by atoms with Gasteiger partial charge >= 0.3 is 5.97 Å². The van der Waals surface area contributed by atoms with Gasteiger partial charge in [0.1, 0.15) is 11.6 Å². The highest BCUT2D eigenvalue weighted by atomic mass is 79.9. The lowest BCUT2D eigenvalue weighted by atomic mass is 10.1. The molecule has 0 saturated carbocycles. The van der Waals surface area contributed by atoms with Crippen LogP contribution in [0.15, 0.2) is 40.4 Å². The Morgan fingerprint density at radius 1 is 1.19 bits per heavy atom. The van der Waals surface area contributed by atoms with Gasteiger partial charge in [0.25, 0.3) is 5.91 Å². The molecule has 0 spiro atoms. The number of esters is 1. The van der Waals surface area contributed by atoms with Crippen LogP contribution in [0.1, 0.15) is 25.0 Å². The van der Waals surface area contributed by atoms with Crippen molar-refractivity contribution in [3.63, 3.8) is 0 Å². The molecule has 2 rings (SSSR count). The highest BCUT2D eigenvalue weighted by Gasteiger charge is 2.16. The summed E-state index contributed by atoms with van der Waals surface area (Å²) < 4.78 is 16.5. The highest BCUT2D eigenvalue weighted by molar-refractivity contribution is 9.10.